The fourth-order valence-corrected chi connectivity index (χ4v) is 6.48. The zero-order valence-electron chi connectivity index (χ0n) is 12.0. The summed E-state index contributed by atoms with van der Waals surface area (Å²) >= 11 is 6.62. The first kappa shape index (κ1) is 17.2. The van der Waals surface area contributed by atoms with Gasteiger partial charge in [0.15, 0.2) is 0 Å². The van der Waals surface area contributed by atoms with Gasteiger partial charge in [0, 0.05) is 27.7 Å². The zero-order valence-corrected chi connectivity index (χ0v) is 16.0. The molecule has 1 aromatic rings. The van der Waals surface area contributed by atoms with Crippen LogP contribution in [0.3, 0.4) is 0 Å². The van der Waals surface area contributed by atoms with E-state index in [1.807, 2.05) is 0 Å². The van der Waals surface area contributed by atoms with Crippen molar-refractivity contribution < 1.29 is 8.42 Å². The average Bonchev–Trinajstić information content (AvgIpc) is 2.37. The van der Waals surface area contributed by atoms with Gasteiger partial charge in [0.25, 0.3) is 0 Å². The predicted molar refractivity (Wildman–Crippen MR) is 91.7 cm³/mol. The highest BCUT2D eigenvalue weighted by Crippen LogP contribution is 2.35. The van der Waals surface area contributed by atoms with E-state index in [0.29, 0.717) is 14.6 Å². The van der Waals surface area contributed by atoms with Crippen LogP contribution in [-0.2, 0) is 10.0 Å². The summed E-state index contributed by atoms with van der Waals surface area (Å²) in [5, 5.41) is 0. The molecule has 1 aromatic carbocycles. The van der Waals surface area contributed by atoms with Crippen LogP contribution in [0.1, 0.15) is 12.8 Å². The summed E-state index contributed by atoms with van der Waals surface area (Å²) in [6.07, 6.45) is 1.69. The van der Waals surface area contributed by atoms with E-state index in [9.17, 15) is 8.42 Å². The molecule has 0 radical (unpaired) electrons. The molecule has 0 unspecified atom stereocenters. The second-order valence-electron chi connectivity index (χ2n) is 5.37. The van der Waals surface area contributed by atoms with Gasteiger partial charge in [0.1, 0.15) is 4.90 Å². The molecule has 0 aliphatic carbocycles. The maximum absolute atomic E-state index is 12.9. The van der Waals surface area contributed by atoms with Crippen molar-refractivity contribution in [3.8, 4) is 0 Å². The lowest BCUT2D eigenvalue weighted by Crippen LogP contribution is -2.44. The molecule has 0 bridgehead atoms. The van der Waals surface area contributed by atoms with Crippen molar-refractivity contribution in [1.29, 1.82) is 0 Å². The van der Waals surface area contributed by atoms with Gasteiger partial charge in [0.2, 0.25) is 10.0 Å². The van der Waals surface area contributed by atoms with Crippen LogP contribution in [0.15, 0.2) is 26.0 Å². The highest BCUT2D eigenvalue weighted by Gasteiger charge is 2.32. The Hall–Kier alpha value is -0.150. The zero-order chi connectivity index (χ0) is 15.8. The predicted octanol–water partition coefficient (Wildman–Crippen LogP) is 2.51. The normalized spacial score (nSPS) is 18.3. The largest absolute Gasteiger partial charge is 0.399 e. The lowest BCUT2D eigenvalue weighted by molar-refractivity contribution is 0.197. The number of benzene rings is 1. The van der Waals surface area contributed by atoms with E-state index in [2.05, 4.69) is 43.8 Å². The third-order valence-electron chi connectivity index (χ3n) is 3.86. The van der Waals surface area contributed by atoms with Crippen LogP contribution in [0, 0.1) is 0 Å². The molecular formula is C13H19Br2N3O2S. The molecule has 0 saturated carbocycles. The van der Waals surface area contributed by atoms with Crippen LogP contribution < -0.4 is 5.73 Å². The molecule has 1 fully saturated rings. The number of piperidine rings is 1. The first-order chi connectivity index (χ1) is 9.73. The number of nitrogens with two attached hydrogens (primary N) is 1. The molecule has 1 aliphatic heterocycles. The van der Waals surface area contributed by atoms with Gasteiger partial charge in [-0.3, -0.25) is 0 Å². The number of anilines is 1. The van der Waals surface area contributed by atoms with Gasteiger partial charge >= 0.3 is 0 Å². The minimum Gasteiger partial charge on any atom is -0.399 e. The van der Waals surface area contributed by atoms with Gasteiger partial charge in [-0.1, -0.05) is 0 Å². The third kappa shape index (κ3) is 3.61. The number of sulfonamides is 1. The van der Waals surface area contributed by atoms with Crippen LogP contribution in [0.5, 0.6) is 0 Å². The van der Waals surface area contributed by atoms with Gasteiger partial charge in [-0.2, -0.15) is 4.31 Å². The van der Waals surface area contributed by atoms with Crippen molar-refractivity contribution in [2.45, 2.75) is 23.8 Å². The second-order valence-corrected chi connectivity index (χ2v) is 9.01. The first-order valence-corrected chi connectivity index (χ1v) is 9.67. The van der Waals surface area contributed by atoms with Crippen molar-refractivity contribution in [2.75, 3.05) is 32.9 Å². The molecule has 1 heterocycles. The molecule has 0 atom stereocenters. The van der Waals surface area contributed by atoms with Gasteiger partial charge in [0.05, 0.1) is 0 Å². The molecule has 8 heteroatoms. The number of nitrogen functional groups attached to an aromatic ring is 1. The molecule has 2 rings (SSSR count). The molecule has 0 amide bonds. The van der Waals surface area contributed by atoms with Crippen molar-refractivity contribution in [3.05, 3.63) is 21.1 Å². The van der Waals surface area contributed by atoms with Gasteiger partial charge in [-0.25, -0.2) is 8.42 Å². The Bertz CT molecular complexity index is 605. The number of likely N-dealkylation sites (tertiary alicyclic amines) is 1. The van der Waals surface area contributed by atoms with E-state index in [4.69, 9.17) is 5.73 Å². The number of rotatable bonds is 3. The molecule has 5 nitrogen and oxygen atoms in total. The number of hydrogen-bond donors (Lipinski definition) is 1. The molecule has 1 aliphatic rings. The highest BCUT2D eigenvalue weighted by atomic mass is 79.9. The standard InChI is InChI=1S/C13H19Br2N3O2S/c1-17-5-3-10(4-6-17)18(2)21(19,20)13-11(14)7-9(16)8-12(13)15/h7-8,10H,3-6,16H2,1-2H3. The molecule has 2 N–H and O–H groups in total. The summed E-state index contributed by atoms with van der Waals surface area (Å²) in [5.74, 6) is 0. The number of nitrogens with zero attached hydrogens (tertiary/aromatic N) is 2. The maximum atomic E-state index is 12.9. The lowest BCUT2D eigenvalue weighted by atomic mass is 10.1. The second kappa shape index (κ2) is 6.54. The van der Waals surface area contributed by atoms with E-state index in [-0.39, 0.29) is 10.9 Å². The van der Waals surface area contributed by atoms with Crippen molar-refractivity contribution in [3.63, 3.8) is 0 Å². The quantitative estimate of drug-likeness (QED) is 0.733. The summed E-state index contributed by atoms with van der Waals surface area (Å²) in [6, 6.07) is 3.25. The fraction of sp³-hybridized carbons (Fsp3) is 0.538. The Morgan fingerprint density at radius 1 is 1.24 bits per heavy atom. The Kier molecular flexibility index (Phi) is 5.36. The number of hydrogen-bond acceptors (Lipinski definition) is 4. The Morgan fingerprint density at radius 2 is 1.71 bits per heavy atom. The van der Waals surface area contributed by atoms with E-state index >= 15 is 0 Å². The Balaban J connectivity index is 2.34. The molecule has 0 aromatic heterocycles. The summed E-state index contributed by atoms with van der Waals surface area (Å²) in [5.41, 5.74) is 6.24. The third-order valence-corrected chi connectivity index (χ3v) is 7.65. The Morgan fingerprint density at radius 3 is 2.19 bits per heavy atom. The van der Waals surface area contributed by atoms with Crippen LogP contribution in [0.25, 0.3) is 0 Å². The van der Waals surface area contributed by atoms with E-state index in [0.717, 1.165) is 25.9 Å². The van der Waals surface area contributed by atoms with Crippen LogP contribution >= 0.6 is 31.9 Å². The monoisotopic (exact) mass is 439 g/mol. The van der Waals surface area contributed by atoms with Gasteiger partial charge in [-0.15, -0.1) is 0 Å². The van der Waals surface area contributed by atoms with Crippen molar-refractivity contribution in [1.82, 2.24) is 9.21 Å². The molecular weight excluding hydrogens is 422 g/mol. The van der Waals surface area contributed by atoms with Crippen LogP contribution in [0.2, 0.25) is 0 Å². The summed E-state index contributed by atoms with van der Waals surface area (Å²) < 4.78 is 28.2. The first-order valence-electron chi connectivity index (χ1n) is 6.64. The fourth-order valence-electron chi connectivity index (χ4n) is 2.52. The Labute approximate surface area is 142 Å². The average molecular weight is 441 g/mol. The maximum Gasteiger partial charge on any atom is 0.245 e. The van der Waals surface area contributed by atoms with Crippen LogP contribution in [-0.4, -0.2) is 50.8 Å². The number of halogens is 2. The topological polar surface area (TPSA) is 66.6 Å². The highest BCUT2D eigenvalue weighted by molar-refractivity contribution is 9.11. The van der Waals surface area contributed by atoms with Crippen molar-refractivity contribution >= 4 is 47.6 Å². The van der Waals surface area contributed by atoms with Crippen molar-refractivity contribution in [2.24, 2.45) is 0 Å². The molecule has 1 saturated heterocycles. The van der Waals surface area contributed by atoms with Crippen LogP contribution in [0.4, 0.5) is 5.69 Å². The molecule has 0 spiro atoms. The smallest absolute Gasteiger partial charge is 0.245 e. The van der Waals surface area contributed by atoms with E-state index in [1.54, 1.807) is 19.2 Å². The SMILES string of the molecule is CN1CCC(N(C)S(=O)(=O)c2c(Br)cc(N)cc2Br)CC1. The van der Waals surface area contributed by atoms with Gasteiger partial charge < -0.3 is 10.6 Å². The summed E-state index contributed by atoms with van der Waals surface area (Å²) in [6.45, 7) is 1.82. The summed E-state index contributed by atoms with van der Waals surface area (Å²) in [4.78, 5) is 2.45. The molecule has 118 valence electrons. The van der Waals surface area contributed by atoms with E-state index in [1.165, 1.54) is 4.31 Å². The summed E-state index contributed by atoms with van der Waals surface area (Å²) in [7, 11) is 0.138. The van der Waals surface area contributed by atoms with E-state index < -0.39 is 10.0 Å². The lowest BCUT2D eigenvalue weighted by Gasteiger charge is -2.34. The van der Waals surface area contributed by atoms with Gasteiger partial charge in [-0.05, 0) is 77.0 Å². The molecule has 21 heavy (non-hydrogen) atoms. The minimum atomic E-state index is -3.57. The minimum absolute atomic E-state index is 0.0301.